The van der Waals surface area contributed by atoms with E-state index in [2.05, 4.69) is 5.32 Å². The Labute approximate surface area is 118 Å². The summed E-state index contributed by atoms with van der Waals surface area (Å²) in [5.41, 5.74) is 0.0999. The molecule has 2 rings (SSSR count). The number of hydrogen-bond donors (Lipinski definition) is 1. The lowest BCUT2D eigenvalue weighted by molar-refractivity contribution is -0.114. The van der Waals surface area contributed by atoms with Crippen LogP contribution in [0.1, 0.15) is 17.3 Å². The monoisotopic (exact) mass is 293 g/mol. The summed E-state index contributed by atoms with van der Waals surface area (Å²) in [4.78, 5) is 21.7. The average Bonchev–Trinajstić information content (AvgIpc) is 2.45. The van der Waals surface area contributed by atoms with Crippen molar-refractivity contribution in [2.24, 2.45) is 0 Å². The van der Waals surface area contributed by atoms with Crippen molar-refractivity contribution in [3.05, 3.63) is 53.3 Å². The van der Waals surface area contributed by atoms with Crippen molar-refractivity contribution in [2.45, 2.75) is 6.92 Å². The SMILES string of the molecule is CC(=O)Nc1cc(F)c(F)c(F)c1-c1ccc(C=O)cc1. The molecule has 108 valence electrons. The van der Waals surface area contributed by atoms with Crippen molar-refractivity contribution in [2.75, 3.05) is 5.32 Å². The minimum absolute atomic E-state index is 0.183. The van der Waals surface area contributed by atoms with Gasteiger partial charge in [0, 0.05) is 24.1 Å². The Bertz CT molecular complexity index is 712. The van der Waals surface area contributed by atoms with Gasteiger partial charge in [0.2, 0.25) is 5.91 Å². The fraction of sp³-hybridized carbons (Fsp3) is 0.0667. The van der Waals surface area contributed by atoms with E-state index in [1.165, 1.54) is 31.2 Å². The number of benzene rings is 2. The molecule has 0 radical (unpaired) electrons. The number of rotatable bonds is 3. The molecule has 0 unspecified atom stereocenters. The number of carbonyl (C=O) groups is 2. The summed E-state index contributed by atoms with van der Waals surface area (Å²) in [6.07, 6.45) is 0.597. The Kier molecular flexibility index (Phi) is 4.07. The van der Waals surface area contributed by atoms with Crippen LogP contribution in [0, 0.1) is 17.5 Å². The molecule has 2 aromatic rings. The fourth-order valence-corrected chi connectivity index (χ4v) is 1.89. The lowest BCUT2D eigenvalue weighted by atomic mass is 10.0. The van der Waals surface area contributed by atoms with Gasteiger partial charge < -0.3 is 5.32 Å². The van der Waals surface area contributed by atoms with Crippen LogP contribution in [0.15, 0.2) is 30.3 Å². The van der Waals surface area contributed by atoms with E-state index in [4.69, 9.17) is 0 Å². The van der Waals surface area contributed by atoms with Gasteiger partial charge in [0.05, 0.1) is 5.69 Å². The molecule has 0 heterocycles. The number of anilines is 1. The highest BCUT2D eigenvalue weighted by Crippen LogP contribution is 2.33. The first kappa shape index (κ1) is 14.8. The van der Waals surface area contributed by atoms with Crippen LogP contribution in [0.4, 0.5) is 18.9 Å². The van der Waals surface area contributed by atoms with Crippen LogP contribution < -0.4 is 5.32 Å². The highest BCUT2D eigenvalue weighted by Gasteiger charge is 2.20. The molecule has 1 N–H and O–H groups in total. The summed E-state index contributed by atoms with van der Waals surface area (Å²) >= 11 is 0. The third kappa shape index (κ3) is 2.94. The number of aldehydes is 1. The molecule has 2 aromatic carbocycles. The third-order valence-electron chi connectivity index (χ3n) is 2.81. The van der Waals surface area contributed by atoms with E-state index in [0.29, 0.717) is 17.9 Å². The zero-order valence-corrected chi connectivity index (χ0v) is 10.9. The summed E-state index contributed by atoms with van der Waals surface area (Å²) in [5, 5.41) is 2.25. The molecule has 0 aliphatic carbocycles. The molecule has 3 nitrogen and oxygen atoms in total. The van der Waals surface area contributed by atoms with Crippen molar-refractivity contribution < 1.29 is 22.8 Å². The van der Waals surface area contributed by atoms with Crippen LogP contribution in [-0.2, 0) is 4.79 Å². The molecule has 6 heteroatoms. The lowest BCUT2D eigenvalue weighted by Crippen LogP contribution is -2.09. The highest BCUT2D eigenvalue weighted by molar-refractivity contribution is 5.94. The smallest absolute Gasteiger partial charge is 0.221 e. The quantitative estimate of drug-likeness (QED) is 0.695. The van der Waals surface area contributed by atoms with Gasteiger partial charge in [-0.3, -0.25) is 9.59 Å². The predicted octanol–water partition coefficient (Wildman–Crippen LogP) is 3.54. The van der Waals surface area contributed by atoms with Gasteiger partial charge in [-0.1, -0.05) is 24.3 Å². The van der Waals surface area contributed by atoms with Crippen molar-refractivity contribution in [3.63, 3.8) is 0 Å². The molecule has 0 bridgehead atoms. The van der Waals surface area contributed by atoms with Crippen LogP contribution in [0.3, 0.4) is 0 Å². The molecule has 0 aromatic heterocycles. The van der Waals surface area contributed by atoms with E-state index in [-0.39, 0.29) is 16.8 Å². The molecule has 0 aliphatic rings. The van der Waals surface area contributed by atoms with Crippen LogP contribution in [0.25, 0.3) is 11.1 Å². The summed E-state index contributed by atoms with van der Waals surface area (Å²) in [7, 11) is 0. The molecular formula is C15H10F3NO2. The van der Waals surface area contributed by atoms with Gasteiger partial charge in [-0.05, 0) is 5.56 Å². The second-order valence-electron chi connectivity index (χ2n) is 4.33. The maximum atomic E-state index is 14.0. The van der Waals surface area contributed by atoms with Crippen LogP contribution in [0.2, 0.25) is 0 Å². The molecule has 0 fully saturated rings. The van der Waals surface area contributed by atoms with Gasteiger partial charge in [0.1, 0.15) is 6.29 Å². The Hall–Kier alpha value is -2.63. The first-order valence-corrected chi connectivity index (χ1v) is 5.94. The Morgan fingerprint density at radius 2 is 1.71 bits per heavy atom. The maximum Gasteiger partial charge on any atom is 0.221 e. The molecule has 1 amide bonds. The molecule has 0 atom stereocenters. The van der Waals surface area contributed by atoms with Crippen molar-refractivity contribution in [3.8, 4) is 11.1 Å². The van der Waals surface area contributed by atoms with Gasteiger partial charge in [-0.15, -0.1) is 0 Å². The molecule has 0 spiro atoms. The van der Waals surface area contributed by atoms with Crippen molar-refractivity contribution >= 4 is 17.9 Å². The number of nitrogens with one attached hydrogen (secondary N) is 1. The van der Waals surface area contributed by atoms with E-state index >= 15 is 0 Å². The molecule has 0 saturated carbocycles. The summed E-state index contributed by atoms with van der Waals surface area (Å²) < 4.78 is 40.7. The third-order valence-corrected chi connectivity index (χ3v) is 2.81. The van der Waals surface area contributed by atoms with Crippen LogP contribution >= 0.6 is 0 Å². The molecule has 0 aliphatic heterocycles. The second kappa shape index (κ2) is 5.78. The van der Waals surface area contributed by atoms with Gasteiger partial charge in [0.15, 0.2) is 17.5 Å². The first-order chi connectivity index (χ1) is 9.93. The Morgan fingerprint density at radius 1 is 1.10 bits per heavy atom. The van der Waals surface area contributed by atoms with Gasteiger partial charge in [-0.25, -0.2) is 13.2 Å². The number of amides is 1. The van der Waals surface area contributed by atoms with Gasteiger partial charge in [0.25, 0.3) is 0 Å². The van der Waals surface area contributed by atoms with E-state index in [1.54, 1.807) is 0 Å². The maximum absolute atomic E-state index is 14.0. The zero-order chi connectivity index (χ0) is 15.6. The van der Waals surface area contributed by atoms with Crippen molar-refractivity contribution in [1.29, 1.82) is 0 Å². The standard InChI is InChI=1S/C15H10F3NO2/c1-8(21)19-12-6-11(16)14(17)15(18)13(12)10-4-2-9(7-20)3-5-10/h2-7H,1H3,(H,19,21). The fourth-order valence-electron chi connectivity index (χ4n) is 1.89. The number of halogens is 3. The highest BCUT2D eigenvalue weighted by atomic mass is 19.2. The zero-order valence-electron chi connectivity index (χ0n) is 10.9. The summed E-state index contributed by atoms with van der Waals surface area (Å²) in [6, 6.07) is 6.28. The van der Waals surface area contributed by atoms with E-state index in [9.17, 15) is 22.8 Å². The lowest BCUT2D eigenvalue weighted by Gasteiger charge is -2.12. The largest absolute Gasteiger partial charge is 0.326 e. The normalized spacial score (nSPS) is 10.3. The first-order valence-electron chi connectivity index (χ1n) is 5.94. The minimum Gasteiger partial charge on any atom is -0.326 e. The molecule has 21 heavy (non-hydrogen) atoms. The molecule has 0 saturated heterocycles. The molecular weight excluding hydrogens is 283 g/mol. The van der Waals surface area contributed by atoms with Gasteiger partial charge in [-0.2, -0.15) is 0 Å². The predicted molar refractivity (Wildman–Crippen MR) is 71.4 cm³/mol. The Morgan fingerprint density at radius 3 is 2.24 bits per heavy atom. The van der Waals surface area contributed by atoms with Crippen molar-refractivity contribution in [1.82, 2.24) is 0 Å². The average molecular weight is 293 g/mol. The second-order valence-corrected chi connectivity index (χ2v) is 4.33. The number of carbonyl (C=O) groups excluding carboxylic acids is 2. The minimum atomic E-state index is -1.63. The topological polar surface area (TPSA) is 46.2 Å². The van der Waals surface area contributed by atoms with Crippen LogP contribution in [0.5, 0.6) is 0 Å². The van der Waals surface area contributed by atoms with Crippen LogP contribution in [-0.4, -0.2) is 12.2 Å². The summed E-state index contributed by atoms with van der Waals surface area (Å²) in [6.45, 7) is 1.17. The Balaban J connectivity index is 2.66. The number of hydrogen-bond acceptors (Lipinski definition) is 2. The van der Waals surface area contributed by atoms with Gasteiger partial charge >= 0.3 is 0 Å². The summed E-state index contributed by atoms with van der Waals surface area (Å²) in [5.74, 6) is -4.98. The van der Waals surface area contributed by atoms with E-state index in [0.717, 1.165) is 0 Å². The van der Waals surface area contributed by atoms with E-state index < -0.39 is 23.4 Å². The van der Waals surface area contributed by atoms with E-state index in [1.807, 2.05) is 0 Å².